The van der Waals surface area contributed by atoms with E-state index in [9.17, 15) is 4.79 Å². The molecule has 64 valence electrons. The number of hydrogen-bond donors (Lipinski definition) is 0. The lowest BCUT2D eigenvalue weighted by atomic mass is 10.4. The molecule has 0 amide bonds. The highest BCUT2D eigenvalue weighted by molar-refractivity contribution is 6.33. The van der Waals surface area contributed by atoms with E-state index < -0.39 is 0 Å². The second-order valence-electron chi connectivity index (χ2n) is 1.82. The van der Waals surface area contributed by atoms with E-state index in [4.69, 9.17) is 27.9 Å². The fraction of sp³-hybridized carbons (Fsp3) is 0.167. The lowest BCUT2D eigenvalue weighted by Gasteiger charge is -2.02. The van der Waals surface area contributed by atoms with Crippen molar-refractivity contribution in [1.29, 1.82) is 0 Å². The number of aromatic nitrogens is 2. The minimum absolute atomic E-state index is 0.0122. The third kappa shape index (κ3) is 1.65. The molecule has 1 aromatic rings. The normalized spacial score (nSPS) is 9.58. The molecule has 6 heteroatoms. The molecule has 4 nitrogen and oxygen atoms in total. The van der Waals surface area contributed by atoms with Crippen LogP contribution in [0.15, 0.2) is 0 Å². The third-order valence-corrected chi connectivity index (χ3v) is 1.61. The zero-order valence-electron chi connectivity index (χ0n) is 6.04. The summed E-state index contributed by atoms with van der Waals surface area (Å²) < 4.78 is 4.75. The van der Waals surface area contributed by atoms with E-state index in [-0.39, 0.29) is 21.9 Å². The molecule has 0 N–H and O–H groups in total. The van der Waals surface area contributed by atoms with Gasteiger partial charge in [-0.15, -0.1) is 0 Å². The zero-order chi connectivity index (χ0) is 9.14. The Morgan fingerprint density at radius 2 is 2.08 bits per heavy atom. The molecule has 1 heterocycles. The van der Waals surface area contributed by atoms with Crippen LogP contribution in [0.1, 0.15) is 10.4 Å². The molecule has 0 aliphatic rings. The van der Waals surface area contributed by atoms with E-state index in [0.717, 1.165) is 0 Å². The number of halogens is 2. The number of methoxy groups -OCH3 is 1. The molecular formula is C6H4Cl2N2O2. The fourth-order valence-electron chi connectivity index (χ4n) is 0.653. The first-order chi connectivity index (χ1) is 5.69. The second kappa shape index (κ2) is 3.69. The summed E-state index contributed by atoms with van der Waals surface area (Å²) in [6.07, 6.45) is 0.511. The van der Waals surface area contributed by atoms with Gasteiger partial charge in [0.25, 0.3) is 0 Å². The van der Waals surface area contributed by atoms with Gasteiger partial charge in [0, 0.05) is 0 Å². The summed E-state index contributed by atoms with van der Waals surface area (Å²) in [6.45, 7) is 0. The molecule has 1 rings (SSSR count). The van der Waals surface area contributed by atoms with Gasteiger partial charge >= 0.3 is 0 Å². The smallest absolute Gasteiger partial charge is 0.229 e. The van der Waals surface area contributed by atoms with Crippen molar-refractivity contribution in [3.05, 3.63) is 16.0 Å². The number of ether oxygens (including phenoxy) is 1. The van der Waals surface area contributed by atoms with Crippen LogP contribution in [0.5, 0.6) is 5.88 Å². The Morgan fingerprint density at radius 3 is 2.58 bits per heavy atom. The first kappa shape index (κ1) is 9.22. The molecule has 0 atom stereocenters. The van der Waals surface area contributed by atoms with Crippen molar-refractivity contribution in [2.24, 2.45) is 0 Å². The van der Waals surface area contributed by atoms with Crippen LogP contribution >= 0.6 is 23.2 Å². The maximum Gasteiger partial charge on any atom is 0.229 e. The van der Waals surface area contributed by atoms with E-state index in [1.165, 1.54) is 7.11 Å². The molecule has 0 fully saturated rings. The van der Waals surface area contributed by atoms with Crippen molar-refractivity contribution in [2.75, 3.05) is 7.11 Å². The molecule has 0 unspecified atom stereocenters. The highest BCUT2D eigenvalue weighted by Gasteiger charge is 2.11. The first-order valence-electron chi connectivity index (χ1n) is 2.91. The maximum absolute atomic E-state index is 10.4. The number of carbonyl (C=O) groups excluding carboxylic acids is 1. The number of carbonyl (C=O) groups is 1. The van der Waals surface area contributed by atoms with Crippen LogP contribution in [0.2, 0.25) is 10.4 Å². The van der Waals surface area contributed by atoms with Crippen LogP contribution < -0.4 is 4.74 Å². The topological polar surface area (TPSA) is 52.1 Å². The highest BCUT2D eigenvalue weighted by Crippen LogP contribution is 2.22. The van der Waals surface area contributed by atoms with Gasteiger partial charge in [-0.25, -0.2) is 4.98 Å². The van der Waals surface area contributed by atoms with Crippen LogP contribution in [0.4, 0.5) is 0 Å². The largest absolute Gasteiger partial charge is 0.480 e. The second-order valence-corrected chi connectivity index (χ2v) is 2.52. The van der Waals surface area contributed by atoms with Crippen molar-refractivity contribution in [1.82, 2.24) is 9.97 Å². The van der Waals surface area contributed by atoms with Crippen LogP contribution in [0, 0.1) is 0 Å². The SMILES string of the molecule is COc1nc(Cl)nc(Cl)c1C=O. The van der Waals surface area contributed by atoms with Gasteiger partial charge in [0.15, 0.2) is 6.29 Å². The summed E-state index contributed by atoms with van der Waals surface area (Å²) in [6, 6.07) is 0. The lowest BCUT2D eigenvalue weighted by Crippen LogP contribution is -1.97. The summed E-state index contributed by atoms with van der Waals surface area (Å²) in [4.78, 5) is 17.6. The molecular weight excluding hydrogens is 203 g/mol. The highest BCUT2D eigenvalue weighted by atomic mass is 35.5. The van der Waals surface area contributed by atoms with Crippen LogP contribution in [-0.4, -0.2) is 23.4 Å². The third-order valence-electron chi connectivity index (χ3n) is 1.15. The Labute approximate surface area is 78.5 Å². The van der Waals surface area contributed by atoms with Gasteiger partial charge < -0.3 is 4.74 Å². The minimum Gasteiger partial charge on any atom is -0.480 e. The molecule has 0 aliphatic heterocycles. The van der Waals surface area contributed by atoms with Crippen LogP contribution in [-0.2, 0) is 0 Å². The summed E-state index contributed by atoms with van der Waals surface area (Å²) in [7, 11) is 1.36. The fourth-order valence-corrected chi connectivity index (χ4v) is 1.06. The van der Waals surface area contributed by atoms with E-state index in [1.54, 1.807) is 0 Å². The van der Waals surface area contributed by atoms with E-state index in [0.29, 0.717) is 6.29 Å². The number of aldehydes is 1. The minimum atomic E-state index is -0.0533. The molecule has 0 aliphatic carbocycles. The quantitative estimate of drug-likeness (QED) is 0.419. The van der Waals surface area contributed by atoms with Crippen molar-refractivity contribution >= 4 is 29.5 Å². The number of rotatable bonds is 2. The monoisotopic (exact) mass is 206 g/mol. The zero-order valence-corrected chi connectivity index (χ0v) is 7.56. The number of hydrogen-bond acceptors (Lipinski definition) is 4. The molecule has 0 saturated heterocycles. The summed E-state index contributed by atoms with van der Waals surface area (Å²) in [5.41, 5.74) is 0.101. The standard InChI is InChI=1S/C6H4Cl2N2O2/c1-12-5-3(2-11)4(7)9-6(8)10-5/h2H,1H3. The van der Waals surface area contributed by atoms with Crippen LogP contribution in [0.25, 0.3) is 0 Å². The van der Waals surface area contributed by atoms with Gasteiger partial charge in [-0.3, -0.25) is 4.79 Å². The molecule has 0 saturated carbocycles. The van der Waals surface area contributed by atoms with Crippen molar-refractivity contribution in [3.8, 4) is 5.88 Å². The van der Waals surface area contributed by atoms with E-state index in [2.05, 4.69) is 9.97 Å². The molecule has 0 bridgehead atoms. The predicted octanol–water partition coefficient (Wildman–Crippen LogP) is 1.60. The lowest BCUT2D eigenvalue weighted by molar-refractivity contribution is 0.111. The Hall–Kier alpha value is -0.870. The van der Waals surface area contributed by atoms with Gasteiger partial charge in [0.2, 0.25) is 11.2 Å². The van der Waals surface area contributed by atoms with Crippen LogP contribution in [0.3, 0.4) is 0 Å². The predicted molar refractivity (Wildman–Crippen MR) is 44.0 cm³/mol. The molecule has 0 spiro atoms. The Kier molecular flexibility index (Phi) is 2.83. The Morgan fingerprint density at radius 1 is 1.42 bits per heavy atom. The summed E-state index contributed by atoms with van der Waals surface area (Å²) in [5.74, 6) is 0.0787. The van der Waals surface area contributed by atoms with E-state index >= 15 is 0 Å². The van der Waals surface area contributed by atoms with Crippen molar-refractivity contribution in [2.45, 2.75) is 0 Å². The summed E-state index contributed by atoms with van der Waals surface area (Å²) >= 11 is 11.0. The number of nitrogens with zero attached hydrogens (tertiary/aromatic N) is 2. The molecule has 0 aromatic carbocycles. The first-order valence-corrected chi connectivity index (χ1v) is 3.67. The molecule has 12 heavy (non-hydrogen) atoms. The van der Waals surface area contributed by atoms with Gasteiger partial charge in [-0.1, -0.05) is 11.6 Å². The average molecular weight is 207 g/mol. The Balaban J connectivity index is 3.33. The van der Waals surface area contributed by atoms with Gasteiger partial charge in [0.05, 0.1) is 7.11 Å². The van der Waals surface area contributed by atoms with Crippen molar-refractivity contribution < 1.29 is 9.53 Å². The molecule has 1 aromatic heterocycles. The Bertz CT molecular complexity index is 317. The average Bonchev–Trinajstić information content (AvgIpc) is 2.03. The van der Waals surface area contributed by atoms with E-state index in [1.807, 2.05) is 0 Å². The van der Waals surface area contributed by atoms with Gasteiger partial charge in [-0.2, -0.15) is 4.98 Å². The van der Waals surface area contributed by atoms with Gasteiger partial charge in [-0.05, 0) is 11.6 Å². The van der Waals surface area contributed by atoms with Gasteiger partial charge in [0.1, 0.15) is 10.7 Å². The van der Waals surface area contributed by atoms with Crippen molar-refractivity contribution in [3.63, 3.8) is 0 Å². The maximum atomic E-state index is 10.4. The summed E-state index contributed by atoms with van der Waals surface area (Å²) in [5, 5.41) is -0.0655. The molecule has 0 radical (unpaired) electrons.